The molecule has 0 aliphatic carbocycles. The van der Waals surface area contributed by atoms with Gasteiger partial charge in [-0.05, 0) is 57.8 Å². The summed E-state index contributed by atoms with van der Waals surface area (Å²) in [5.41, 5.74) is 2.84. The first-order chi connectivity index (χ1) is 16.1. The topological polar surface area (TPSA) is 96.0 Å². The Morgan fingerprint density at radius 2 is 1.91 bits per heavy atom. The Balaban J connectivity index is 1.67. The molecule has 0 unspecified atom stereocenters. The molecule has 2 aromatic carbocycles. The number of benzene rings is 2. The number of methoxy groups -OCH3 is 1. The Hall–Kier alpha value is -3.54. The Morgan fingerprint density at radius 1 is 1.06 bits per heavy atom. The molecule has 5 aromatic rings. The van der Waals surface area contributed by atoms with E-state index >= 15 is 0 Å². The van der Waals surface area contributed by atoms with Gasteiger partial charge in [0.15, 0.2) is 10.2 Å². The van der Waals surface area contributed by atoms with E-state index in [0.717, 1.165) is 33.0 Å². The summed E-state index contributed by atoms with van der Waals surface area (Å²) in [6.07, 6.45) is 1.25. The zero-order valence-corrected chi connectivity index (χ0v) is 19.6. The van der Waals surface area contributed by atoms with E-state index in [1.54, 1.807) is 18.4 Å². The number of rotatable bonds is 7. The average molecular weight is 494 g/mol. The maximum absolute atomic E-state index is 11.1. The first kappa shape index (κ1) is 21.3. The van der Waals surface area contributed by atoms with Crippen LogP contribution in [-0.4, -0.2) is 31.8 Å². The van der Waals surface area contributed by atoms with Gasteiger partial charge in [0.25, 0.3) is 0 Å². The fourth-order valence-corrected chi connectivity index (χ4v) is 5.68. The van der Waals surface area contributed by atoms with Crippen LogP contribution in [0.25, 0.3) is 27.5 Å². The predicted molar refractivity (Wildman–Crippen MR) is 130 cm³/mol. The van der Waals surface area contributed by atoms with E-state index in [-0.39, 0.29) is 5.00 Å². The van der Waals surface area contributed by atoms with Gasteiger partial charge < -0.3 is 4.74 Å². The smallest absolute Gasteiger partial charge is 0.344 e. The molecule has 0 amide bonds. The lowest BCUT2D eigenvalue weighted by molar-refractivity contribution is -0.380. The molecule has 11 heteroatoms. The summed E-state index contributed by atoms with van der Waals surface area (Å²) in [4.78, 5) is 15.8. The first-order valence-electron chi connectivity index (χ1n) is 9.65. The monoisotopic (exact) mass is 493 g/mol. The summed E-state index contributed by atoms with van der Waals surface area (Å²) in [5.74, 6) is 1.31. The third kappa shape index (κ3) is 4.25. The van der Waals surface area contributed by atoms with Crippen LogP contribution in [0.2, 0.25) is 0 Å². The normalized spacial score (nSPS) is 10.9. The lowest BCUT2D eigenvalue weighted by Gasteiger charge is -2.15. The van der Waals surface area contributed by atoms with E-state index in [1.807, 2.05) is 70.6 Å². The van der Waals surface area contributed by atoms with Crippen molar-refractivity contribution >= 4 is 39.4 Å². The highest BCUT2D eigenvalue weighted by molar-refractivity contribution is 8.01. The summed E-state index contributed by atoms with van der Waals surface area (Å²) in [6.45, 7) is 0. The van der Waals surface area contributed by atoms with Crippen molar-refractivity contribution in [3.8, 4) is 33.3 Å². The molecule has 0 saturated heterocycles. The molecule has 3 heterocycles. The molecule has 0 aliphatic rings. The van der Waals surface area contributed by atoms with Gasteiger partial charge in [0.2, 0.25) is 5.16 Å². The van der Waals surface area contributed by atoms with Gasteiger partial charge in [-0.25, -0.2) is 4.98 Å². The number of nitro groups is 1. The molecule has 3 aromatic heterocycles. The van der Waals surface area contributed by atoms with Crippen LogP contribution in [0, 0.1) is 10.1 Å². The Labute approximate surface area is 200 Å². The molecule has 5 rings (SSSR count). The number of ether oxygens (including phenoxy) is 1. The number of thiophene rings is 1. The first-order valence-corrected chi connectivity index (χ1v) is 12.2. The largest absolute Gasteiger partial charge is 0.495 e. The van der Waals surface area contributed by atoms with Gasteiger partial charge in [-0.1, -0.05) is 42.5 Å². The van der Waals surface area contributed by atoms with Crippen LogP contribution in [0.15, 0.2) is 81.7 Å². The van der Waals surface area contributed by atoms with Crippen LogP contribution < -0.4 is 4.74 Å². The summed E-state index contributed by atoms with van der Waals surface area (Å²) in [6, 6.07) is 19.9. The highest BCUT2D eigenvalue weighted by atomic mass is 32.2. The summed E-state index contributed by atoms with van der Waals surface area (Å²) in [5, 5.41) is 22.4. The second-order valence-corrected chi connectivity index (χ2v) is 9.87. The standard InChI is InChI=1S/C22H15N5O3S3/c1-30-17-10-9-15(14-6-3-2-4-7-14)12-16(17)26-20(18-8-5-11-31-18)24-25-21(26)33-22-23-13-19(32-22)27(28)29/h2-13H,1H3. The Bertz CT molecular complexity index is 1410. The lowest BCUT2D eigenvalue weighted by atomic mass is 10.0. The van der Waals surface area contributed by atoms with Crippen LogP contribution >= 0.6 is 34.4 Å². The molecule has 0 spiro atoms. The number of aromatic nitrogens is 4. The van der Waals surface area contributed by atoms with Gasteiger partial charge in [-0.3, -0.25) is 14.7 Å². The molecule has 0 atom stereocenters. The lowest BCUT2D eigenvalue weighted by Crippen LogP contribution is -2.02. The fourth-order valence-electron chi connectivity index (χ4n) is 3.25. The number of hydrogen-bond acceptors (Lipinski definition) is 9. The van der Waals surface area contributed by atoms with Crippen molar-refractivity contribution in [3.63, 3.8) is 0 Å². The molecular formula is C22H15N5O3S3. The minimum absolute atomic E-state index is 0.0225. The molecule has 33 heavy (non-hydrogen) atoms. The van der Waals surface area contributed by atoms with E-state index in [9.17, 15) is 10.1 Å². The van der Waals surface area contributed by atoms with Crippen molar-refractivity contribution in [1.82, 2.24) is 19.7 Å². The van der Waals surface area contributed by atoms with E-state index in [4.69, 9.17) is 4.74 Å². The SMILES string of the molecule is COc1ccc(-c2ccccc2)cc1-n1c(Sc2ncc([N+](=O)[O-])s2)nnc1-c1cccs1. The van der Waals surface area contributed by atoms with E-state index in [2.05, 4.69) is 15.2 Å². The summed E-state index contributed by atoms with van der Waals surface area (Å²) in [7, 11) is 1.62. The number of hydrogen-bond donors (Lipinski definition) is 0. The highest BCUT2D eigenvalue weighted by Gasteiger charge is 2.23. The molecule has 0 bridgehead atoms. The van der Waals surface area contributed by atoms with Gasteiger partial charge >= 0.3 is 5.00 Å². The van der Waals surface area contributed by atoms with Crippen molar-refractivity contribution in [2.75, 3.05) is 7.11 Å². The number of nitrogens with zero attached hydrogens (tertiary/aromatic N) is 5. The van der Waals surface area contributed by atoms with Crippen LogP contribution in [-0.2, 0) is 0 Å². The zero-order valence-electron chi connectivity index (χ0n) is 17.1. The van der Waals surface area contributed by atoms with Crippen LogP contribution in [0.1, 0.15) is 0 Å². The second kappa shape index (κ2) is 9.14. The van der Waals surface area contributed by atoms with Crippen molar-refractivity contribution in [2.24, 2.45) is 0 Å². The fraction of sp³-hybridized carbons (Fsp3) is 0.0455. The quantitative estimate of drug-likeness (QED) is 0.197. The zero-order chi connectivity index (χ0) is 22.8. The molecule has 0 N–H and O–H groups in total. The Kier molecular flexibility index (Phi) is 5.90. The van der Waals surface area contributed by atoms with E-state index in [1.165, 1.54) is 18.0 Å². The van der Waals surface area contributed by atoms with E-state index in [0.29, 0.717) is 21.1 Å². The number of thiazole rings is 1. The average Bonchev–Trinajstić information content (AvgIpc) is 3.60. The van der Waals surface area contributed by atoms with Crippen LogP contribution in [0.3, 0.4) is 0 Å². The highest BCUT2D eigenvalue weighted by Crippen LogP contribution is 2.40. The van der Waals surface area contributed by atoms with E-state index < -0.39 is 4.92 Å². The molecule has 0 aliphatic heterocycles. The van der Waals surface area contributed by atoms with Gasteiger partial charge in [0.1, 0.15) is 11.9 Å². The molecule has 8 nitrogen and oxygen atoms in total. The minimum Gasteiger partial charge on any atom is -0.495 e. The third-order valence-electron chi connectivity index (χ3n) is 4.73. The van der Waals surface area contributed by atoms with Gasteiger partial charge in [-0.2, -0.15) is 0 Å². The molecule has 0 radical (unpaired) electrons. The third-order valence-corrected chi connectivity index (χ3v) is 7.57. The summed E-state index contributed by atoms with van der Waals surface area (Å²) < 4.78 is 8.11. The van der Waals surface area contributed by atoms with Gasteiger partial charge in [-0.15, -0.1) is 21.5 Å². The van der Waals surface area contributed by atoms with Crippen molar-refractivity contribution in [2.45, 2.75) is 9.50 Å². The molecular weight excluding hydrogens is 478 g/mol. The maximum atomic E-state index is 11.1. The molecule has 164 valence electrons. The maximum Gasteiger partial charge on any atom is 0.344 e. The van der Waals surface area contributed by atoms with Crippen LogP contribution in [0.5, 0.6) is 5.75 Å². The van der Waals surface area contributed by atoms with Crippen molar-refractivity contribution < 1.29 is 9.66 Å². The Morgan fingerprint density at radius 3 is 2.61 bits per heavy atom. The van der Waals surface area contributed by atoms with Gasteiger partial charge in [0.05, 0.1) is 22.6 Å². The molecule has 0 saturated carbocycles. The second-order valence-electron chi connectivity index (χ2n) is 6.70. The van der Waals surface area contributed by atoms with Gasteiger partial charge in [0, 0.05) is 0 Å². The van der Waals surface area contributed by atoms with Crippen molar-refractivity contribution in [1.29, 1.82) is 0 Å². The predicted octanol–water partition coefficient (Wildman–Crippen LogP) is 6.19. The summed E-state index contributed by atoms with van der Waals surface area (Å²) >= 11 is 3.78. The van der Waals surface area contributed by atoms with Crippen molar-refractivity contribution in [3.05, 3.63) is 82.4 Å². The molecule has 0 fully saturated rings. The van der Waals surface area contributed by atoms with Crippen LogP contribution in [0.4, 0.5) is 5.00 Å². The minimum atomic E-state index is -0.449.